The van der Waals surface area contributed by atoms with Gasteiger partial charge in [-0.1, -0.05) is 54.6 Å². The third-order valence-electron chi connectivity index (χ3n) is 3.98. The number of carboxylic acids is 1. The predicted octanol–water partition coefficient (Wildman–Crippen LogP) is 5.03. The molecule has 4 nitrogen and oxygen atoms in total. The first-order chi connectivity index (χ1) is 13.2. The van der Waals surface area contributed by atoms with Crippen LogP contribution in [0.5, 0.6) is 5.75 Å². The Hall–Kier alpha value is -3.84. The van der Waals surface area contributed by atoms with Gasteiger partial charge in [-0.2, -0.15) is 5.26 Å². The van der Waals surface area contributed by atoms with E-state index in [0.29, 0.717) is 17.9 Å². The number of carbonyl (C=O) groups is 1. The molecule has 0 fully saturated rings. The Morgan fingerprint density at radius 2 is 1.70 bits per heavy atom. The van der Waals surface area contributed by atoms with E-state index in [1.807, 2.05) is 60.7 Å². The van der Waals surface area contributed by atoms with E-state index in [1.165, 1.54) is 0 Å². The molecule has 3 aromatic carbocycles. The average Bonchev–Trinajstić information content (AvgIpc) is 2.72. The van der Waals surface area contributed by atoms with E-state index in [2.05, 4.69) is 6.07 Å². The van der Waals surface area contributed by atoms with Crippen molar-refractivity contribution in [2.24, 2.45) is 0 Å². The molecule has 0 unspecified atom stereocenters. The van der Waals surface area contributed by atoms with E-state index in [4.69, 9.17) is 9.84 Å². The molecule has 0 heterocycles. The number of rotatable bonds is 6. The highest BCUT2D eigenvalue weighted by molar-refractivity contribution is 5.89. The molecule has 0 saturated carbocycles. The molecule has 0 saturated heterocycles. The first-order valence-corrected chi connectivity index (χ1v) is 8.38. The molecule has 1 N–H and O–H groups in total. The molecule has 0 aliphatic carbocycles. The fraction of sp³-hybridized carbons (Fsp3) is 0.0435. The number of ether oxygens (including phenoxy) is 1. The van der Waals surface area contributed by atoms with Crippen molar-refractivity contribution in [3.05, 3.63) is 101 Å². The van der Waals surface area contributed by atoms with Gasteiger partial charge in [-0.05, 0) is 47.0 Å². The second-order valence-electron chi connectivity index (χ2n) is 5.90. The maximum absolute atomic E-state index is 10.9. The zero-order valence-electron chi connectivity index (χ0n) is 14.5. The lowest BCUT2D eigenvalue weighted by Gasteiger charge is -2.08. The van der Waals surface area contributed by atoms with Crippen LogP contribution in [0.15, 0.2) is 78.9 Å². The Balaban J connectivity index is 1.73. The van der Waals surface area contributed by atoms with E-state index in [1.54, 1.807) is 24.3 Å². The third-order valence-corrected chi connectivity index (χ3v) is 3.98. The summed E-state index contributed by atoms with van der Waals surface area (Å²) in [7, 11) is 0. The number of aromatic carboxylic acids is 1. The van der Waals surface area contributed by atoms with Gasteiger partial charge < -0.3 is 9.84 Å². The Kier molecular flexibility index (Phi) is 5.66. The lowest BCUT2D eigenvalue weighted by atomic mass is 10.0. The molecule has 3 rings (SSSR count). The van der Waals surface area contributed by atoms with Crippen molar-refractivity contribution in [1.29, 1.82) is 5.26 Å². The zero-order valence-corrected chi connectivity index (χ0v) is 14.5. The summed E-state index contributed by atoms with van der Waals surface area (Å²) >= 11 is 0. The van der Waals surface area contributed by atoms with Gasteiger partial charge >= 0.3 is 5.97 Å². The van der Waals surface area contributed by atoms with Gasteiger partial charge in [0.25, 0.3) is 0 Å². The summed E-state index contributed by atoms with van der Waals surface area (Å²) in [6.07, 6.45) is 1.82. The number of hydrogen-bond donors (Lipinski definition) is 1. The molecule has 0 aromatic heterocycles. The lowest BCUT2D eigenvalue weighted by molar-refractivity contribution is 0.0697. The van der Waals surface area contributed by atoms with Gasteiger partial charge in [0, 0.05) is 0 Å². The highest BCUT2D eigenvalue weighted by Gasteiger charge is 2.04. The number of carboxylic acid groups (broad SMARTS) is 1. The normalized spacial score (nSPS) is 10.9. The van der Waals surface area contributed by atoms with Crippen molar-refractivity contribution in [2.75, 3.05) is 0 Å². The van der Waals surface area contributed by atoms with Crippen LogP contribution in [0.4, 0.5) is 0 Å². The Morgan fingerprint density at radius 3 is 2.37 bits per heavy atom. The fourth-order valence-corrected chi connectivity index (χ4v) is 2.57. The summed E-state index contributed by atoms with van der Waals surface area (Å²) in [6.45, 7) is 0.330. The summed E-state index contributed by atoms with van der Waals surface area (Å²) in [4.78, 5) is 10.9. The number of benzene rings is 3. The fourth-order valence-electron chi connectivity index (χ4n) is 2.57. The molecule has 0 spiro atoms. The zero-order chi connectivity index (χ0) is 19.1. The number of allylic oxidation sites excluding steroid dienone is 1. The molecule has 0 aliphatic heterocycles. The summed E-state index contributed by atoms with van der Waals surface area (Å²) in [6, 6.07) is 25.8. The number of nitrogens with zero attached hydrogens (tertiary/aromatic N) is 1. The Morgan fingerprint density at radius 1 is 0.963 bits per heavy atom. The lowest BCUT2D eigenvalue weighted by Crippen LogP contribution is -1.99. The van der Waals surface area contributed by atoms with Crippen LogP contribution in [0.25, 0.3) is 11.6 Å². The Bertz CT molecular complexity index is 1000. The highest BCUT2D eigenvalue weighted by Crippen LogP contribution is 2.21. The van der Waals surface area contributed by atoms with Gasteiger partial charge in [-0.15, -0.1) is 0 Å². The smallest absolute Gasteiger partial charge is 0.335 e. The van der Waals surface area contributed by atoms with Crippen molar-refractivity contribution in [2.45, 2.75) is 6.61 Å². The first kappa shape index (κ1) is 18.0. The minimum Gasteiger partial charge on any atom is -0.489 e. The molecular weight excluding hydrogens is 338 g/mol. The van der Waals surface area contributed by atoms with Gasteiger partial charge in [-0.3, -0.25) is 0 Å². The van der Waals surface area contributed by atoms with Crippen LogP contribution in [0.1, 0.15) is 27.0 Å². The molecule has 27 heavy (non-hydrogen) atoms. The van der Waals surface area contributed by atoms with Crippen molar-refractivity contribution in [3.63, 3.8) is 0 Å². The molecular formula is C23H17NO3. The molecule has 0 atom stereocenters. The summed E-state index contributed by atoms with van der Waals surface area (Å²) in [5.74, 6) is -0.273. The number of nitriles is 1. The third kappa shape index (κ3) is 4.83. The van der Waals surface area contributed by atoms with Gasteiger partial charge in [0.15, 0.2) is 0 Å². The van der Waals surface area contributed by atoms with E-state index in [9.17, 15) is 10.1 Å². The van der Waals surface area contributed by atoms with E-state index < -0.39 is 5.97 Å². The van der Waals surface area contributed by atoms with Crippen LogP contribution in [-0.2, 0) is 6.61 Å². The maximum Gasteiger partial charge on any atom is 0.335 e. The van der Waals surface area contributed by atoms with Crippen LogP contribution in [0.3, 0.4) is 0 Å². The minimum absolute atomic E-state index is 0.246. The standard InChI is InChI=1S/C23H17NO3/c24-15-21(19-6-2-1-3-7-19)13-18-5-4-8-22(14-18)27-16-17-9-11-20(12-10-17)23(25)26/h1-14H,16H2,(H,25,26)/b21-13-. The molecule has 132 valence electrons. The monoisotopic (exact) mass is 355 g/mol. The molecule has 0 radical (unpaired) electrons. The second-order valence-corrected chi connectivity index (χ2v) is 5.90. The predicted molar refractivity (Wildman–Crippen MR) is 104 cm³/mol. The molecule has 0 aliphatic rings. The maximum atomic E-state index is 10.9. The van der Waals surface area contributed by atoms with Gasteiger partial charge in [0.05, 0.1) is 17.2 Å². The topological polar surface area (TPSA) is 70.3 Å². The number of hydrogen-bond acceptors (Lipinski definition) is 3. The van der Waals surface area contributed by atoms with E-state index >= 15 is 0 Å². The van der Waals surface area contributed by atoms with Gasteiger partial charge in [0.1, 0.15) is 12.4 Å². The molecule has 0 bridgehead atoms. The van der Waals surface area contributed by atoms with E-state index in [-0.39, 0.29) is 5.56 Å². The van der Waals surface area contributed by atoms with Crippen LogP contribution in [-0.4, -0.2) is 11.1 Å². The van der Waals surface area contributed by atoms with Crippen LogP contribution in [0.2, 0.25) is 0 Å². The summed E-state index contributed by atoms with van der Waals surface area (Å²) in [5, 5.41) is 18.4. The quantitative estimate of drug-likeness (QED) is 0.497. The van der Waals surface area contributed by atoms with Gasteiger partial charge in [0.2, 0.25) is 0 Å². The van der Waals surface area contributed by atoms with Crippen LogP contribution >= 0.6 is 0 Å². The minimum atomic E-state index is -0.950. The Labute approximate surface area is 157 Å². The molecule has 3 aromatic rings. The average molecular weight is 355 g/mol. The second kappa shape index (κ2) is 8.50. The van der Waals surface area contributed by atoms with Gasteiger partial charge in [-0.25, -0.2) is 4.79 Å². The van der Waals surface area contributed by atoms with Crippen molar-refractivity contribution in [1.82, 2.24) is 0 Å². The SMILES string of the molecule is N#C/C(=C/c1cccc(OCc2ccc(C(=O)O)cc2)c1)c1ccccc1. The van der Waals surface area contributed by atoms with Crippen LogP contribution < -0.4 is 4.74 Å². The van der Waals surface area contributed by atoms with Crippen LogP contribution in [0, 0.1) is 11.3 Å². The first-order valence-electron chi connectivity index (χ1n) is 8.38. The van der Waals surface area contributed by atoms with Crippen molar-refractivity contribution < 1.29 is 14.6 Å². The van der Waals surface area contributed by atoms with Crippen molar-refractivity contribution >= 4 is 17.6 Å². The molecule has 0 amide bonds. The van der Waals surface area contributed by atoms with E-state index in [0.717, 1.165) is 16.7 Å². The summed E-state index contributed by atoms with van der Waals surface area (Å²) < 4.78 is 5.79. The largest absolute Gasteiger partial charge is 0.489 e. The van der Waals surface area contributed by atoms with Crippen molar-refractivity contribution in [3.8, 4) is 11.8 Å². The molecule has 4 heteroatoms. The summed E-state index contributed by atoms with van der Waals surface area (Å²) in [5.41, 5.74) is 3.44. The highest BCUT2D eigenvalue weighted by atomic mass is 16.5.